The average molecular weight is 166 g/mol. The zero-order chi connectivity index (χ0) is 8.97. The molecule has 0 unspecified atom stereocenters. The molecular formula is C8H14N4. The Morgan fingerprint density at radius 2 is 2.33 bits per heavy atom. The number of nitrogens with zero attached hydrogens (tertiary/aromatic N) is 3. The van der Waals surface area contributed by atoms with Crippen molar-refractivity contribution in [3.8, 4) is 0 Å². The average Bonchev–Trinajstić information content (AvgIpc) is 2.05. The maximum atomic E-state index is 5.69. The van der Waals surface area contributed by atoms with Crippen molar-refractivity contribution in [3.05, 3.63) is 12.5 Å². The molecule has 0 saturated heterocycles. The number of hydrogen-bond donors (Lipinski definition) is 1. The Hall–Kier alpha value is -1.32. The van der Waals surface area contributed by atoms with Crippen molar-refractivity contribution in [2.45, 2.75) is 13.3 Å². The van der Waals surface area contributed by atoms with Gasteiger partial charge in [0.05, 0.1) is 11.9 Å². The Morgan fingerprint density at radius 1 is 1.58 bits per heavy atom. The van der Waals surface area contributed by atoms with Crippen molar-refractivity contribution in [2.75, 3.05) is 24.2 Å². The second-order valence-corrected chi connectivity index (χ2v) is 2.72. The van der Waals surface area contributed by atoms with Crippen LogP contribution < -0.4 is 10.6 Å². The molecule has 0 aromatic carbocycles. The van der Waals surface area contributed by atoms with Crippen LogP contribution in [0.3, 0.4) is 0 Å². The highest BCUT2D eigenvalue weighted by molar-refractivity contribution is 5.60. The summed E-state index contributed by atoms with van der Waals surface area (Å²) < 4.78 is 0. The van der Waals surface area contributed by atoms with E-state index < -0.39 is 0 Å². The van der Waals surface area contributed by atoms with Crippen LogP contribution in [0.25, 0.3) is 0 Å². The molecule has 0 spiro atoms. The molecule has 12 heavy (non-hydrogen) atoms. The van der Waals surface area contributed by atoms with Gasteiger partial charge in [-0.15, -0.1) is 0 Å². The number of anilines is 2. The quantitative estimate of drug-likeness (QED) is 0.725. The monoisotopic (exact) mass is 166 g/mol. The lowest BCUT2D eigenvalue weighted by molar-refractivity contribution is 0.836. The van der Waals surface area contributed by atoms with Gasteiger partial charge in [0.25, 0.3) is 0 Å². The fraction of sp³-hybridized carbons (Fsp3) is 0.500. The number of nitrogen functional groups attached to an aromatic ring is 1. The Labute approximate surface area is 72.4 Å². The van der Waals surface area contributed by atoms with E-state index in [1.807, 2.05) is 11.9 Å². The highest BCUT2D eigenvalue weighted by Crippen LogP contribution is 2.15. The minimum absolute atomic E-state index is 0.633. The fourth-order valence-electron chi connectivity index (χ4n) is 1.09. The van der Waals surface area contributed by atoms with E-state index in [2.05, 4.69) is 16.9 Å². The molecule has 0 atom stereocenters. The fourth-order valence-corrected chi connectivity index (χ4v) is 1.09. The van der Waals surface area contributed by atoms with Crippen LogP contribution in [0.4, 0.5) is 11.5 Å². The summed E-state index contributed by atoms with van der Waals surface area (Å²) in [4.78, 5) is 9.94. The van der Waals surface area contributed by atoms with Gasteiger partial charge >= 0.3 is 0 Å². The zero-order valence-corrected chi connectivity index (χ0v) is 7.49. The van der Waals surface area contributed by atoms with E-state index in [0.717, 1.165) is 18.8 Å². The summed E-state index contributed by atoms with van der Waals surface area (Å²) in [6.45, 7) is 3.08. The third-order valence-electron chi connectivity index (χ3n) is 1.64. The van der Waals surface area contributed by atoms with Crippen LogP contribution in [0.2, 0.25) is 0 Å². The summed E-state index contributed by atoms with van der Waals surface area (Å²) in [5, 5.41) is 0. The maximum absolute atomic E-state index is 5.69. The highest BCUT2D eigenvalue weighted by Gasteiger charge is 2.04. The second kappa shape index (κ2) is 3.90. The third-order valence-corrected chi connectivity index (χ3v) is 1.64. The van der Waals surface area contributed by atoms with Crippen LogP contribution in [-0.2, 0) is 0 Å². The van der Waals surface area contributed by atoms with Crippen LogP contribution in [0.5, 0.6) is 0 Å². The summed E-state index contributed by atoms with van der Waals surface area (Å²) in [6.07, 6.45) is 4.21. The molecule has 0 aliphatic rings. The van der Waals surface area contributed by atoms with Crippen molar-refractivity contribution in [1.29, 1.82) is 0 Å². The van der Waals surface area contributed by atoms with E-state index >= 15 is 0 Å². The van der Waals surface area contributed by atoms with Gasteiger partial charge in [0.2, 0.25) is 0 Å². The van der Waals surface area contributed by atoms with Crippen LogP contribution in [0.1, 0.15) is 13.3 Å². The third kappa shape index (κ3) is 1.84. The first-order chi connectivity index (χ1) is 5.75. The van der Waals surface area contributed by atoms with E-state index in [4.69, 9.17) is 5.73 Å². The first-order valence-corrected chi connectivity index (χ1v) is 4.02. The smallest absolute Gasteiger partial charge is 0.154 e. The molecule has 66 valence electrons. The first-order valence-electron chi connectivity index (χ1n) is 4.02. The Kier molecular flexibility index (Phi) is 2.85. The summed E-state index contributed by atoms with van der Waals surface area (Å²) in [6, 6.07) is 0. The number of nitrogens with two attached hydrogens (primary N) is 1. The van der Waals surface area contributed by atoms with Gasteiger partial charge in [-0.05, 0) is 6.42 Å². The Morgan fingerprint density at radius 3 is 2.92 bits per heavy atom. The summed E-state index contributed by atoms with van der Waals surface area (Å²) in [5.41, 5.74) is 6.32. The molecular weight excluding hydrogens is 152 g/mol. The molecule has 2 N–H and O–H groups in total. The van der Waals surface area contributed by atoms with Crippen LogP contribution in [-0.4, -0.2) is 23.6 Å². The largest absolute Gasteiger partial charge is 0.394 e. The van der Waals surface area contributed by atoms with Crippen molar-refractivity contribution in [1.82, 2.24) is 9.97 Å². The lowest BCUT2D eigenvalue weighted by atomic mass is 10.4. The number of rotatable bonds is 3. The van der Waals surface area contributed by atoms with Crippen molar-refractivity contribution in [2.24, 2.45) is 0 Å². The van der Waals surface area contributed by atoms with E-state index in [1.54, 1.807) is 6.20 Å². The molecule has 4 nitrogen and oxygen atoms in total. The molecule has 0 bridgehead atoms. The summed E-state index contributed by atoms with van der Waals surface area (Å²) in [5.74, 6) is 0.812. The molecule has 0 radical (unpaired) electrons. The van der Waals surface area contributed by atoms with E-state index in [9.17, 15) is 0 Å². The van der Waals surface area contributed by atoms with Crippen molar-refractivity contribution < 1.29 is 0 Å². The molecule has 1 rings (SSSR count). The summed E-state index contributed by atoms with van der Waals surface area (Å²) in [7, 11) is 1.97. The minimum atomic E-state index is 0.633. The predicted octanol–water partition coefficient (Wildman–Crippen LogP) is 0.905. The molecule has 0 aliphatic heterocycles. The Bertz CT molecular complexity index is 249. The van der Waals surface area contributed by atoms with Gasteiger partial charge in [-0.25, -0.2) is 9.97 Å². The second-order valence-electron chi connectivity index (χ2n) is 2.72. The minimum Gasteiger partial charge on any atom is -0.394 e. The zero-order valence-electron chi connectivity index (χ0n) is 7.49. The van der Waals surface area contributed by atoms with E-state index in [-0.39, 0.29) is 0 Å². The molecule has 1 heterocycles. The standard InChI is InChI=1S/C8H14N4/c1-3-4-12(2)8-7(9)5-10-6-11-8/h5-6H,3-4,9H2,1-2H3. The van der Waals surface area contributed by atoms with Crippen molar-refractivity contribution in [3.63, 3.8) is 0 Å². The highest BCUT2D eigenvalue weighted by atomic mass is 15.2. The molecule has 1 aromatic rings. The Balaban J connectivity index is 2.79. The first kappa shape index (κ1) is 8.77. The van der Waals surface area contributed by atoms with Gasteiger partial charge < -0.3 is 10.6 Å². The molecule has 0 fully saturated rings. The van der Waals surface area contributed by atoms with Crippen molar-refractivity contribution >= 4 is 11.5 Å². The molecule has 0 amide bonds. The number of hydrogen-bond acceptors (Lipinski definition) is 4. The summed E-state index contributed by atoms with van der Waals surface area (Å²) >= 11 is 0. The van der Waals surface area contributed by atoms with Crippen LogP contribution >= 0.6 is 0 Å². The van der Waals surface area contributed by atoms with Gasteiger partial charge in [-0.2, -0.15) is 0 Å². The van der Waals surface area contributed by atoms with Gasteiger partial charge in [-0.1, -0.05) is 6.92 Å². The predicted molar refractivity (Wildman–Crippen MR) is 50.0 cm³/mol. The molecule has 0 saturated carbocycles. The van der Waals surface area contributed by atoms with Gasteiger partial charge in [0.1, 0.15) is 6.33 Å². The topological polar surface area (TPSA) is 55.0 Å². The van der Waals surface area contributed by atoms with Gasteiger partial charge in [0, 0.05) is 13.6 Å². The SMILES string of the molecule is CCCN(C)c1ncncc1N. The van der Waals surface area contributed by atoms with E-state index in [1.165, 1.54) is 6.33 Å². The normalized spacial score (nSPS) is 9.83. The molecule has 0 aliphatic carbocycles. The van der Waals surface area contributed by atoms with Crippen LogP contribution in [0.15, 0.2) is 12.5 Å². The van der Waals surface area contributed by atoms with Gasteiger partial charge in [0.15, 0.2) is 5.82 Å². The molecule has 4 heteroatoms. The maximum Gasteiger partial charge on any atom is 0.154 e. The van der Waals surface area contributed by atoms with Crippen LogP contribution in [0, 0.1) is 0 Å². The lowest BCUT2D eigenvalue weighted by Gasteiger charge is -2.17. The molecule has 1 aromatic heterocycles. The lowest BCUT2D eigenvalue weighted by Crippen LogP contribution is -2.20. The van der Waals surface area contributed by atoms with E-state index in [0.29, 0.717) is 5.69 Å². The number of aromatic nitrogens is 2. The van der Waals surface area contributed by atoms with Gasteiger partial charge in [-0.3, -0.25) is 0 Å².